The second-order valence-electron chi connectivity index (χ2n) is 2.42. The molecule has 1 aliphatic rings. The first-order valence-corrected chi connectivity index (χ1v) is 3.50. The van der Waals surface area contributed by atoms with Gasteiger partial charge in [0.15, 0.2) is 0 Å². The van der Waals surface area contributed by atoms with E-state index in [1.54, 1.807) is 10.6 Å². The molecule has 58 valence electrons. The van der Waals surface area contributed by atoms with Gasteiger partial charge in [-0.2, -0.15) is 0 Å². The Balaban J connectivity index is 2.58. The van der Waals surface area contributed by atoms with Gasteiger partial charge in [-0.05, 0) is 6.07 Å². The third-order valence-corrected chi connectivity index (χ3v) is 1.74. The standard InChI is InChI=1S/C7H8N2O2/c10-7-8-2-1-6-5-11-4-3-9(6)7/h1-2H,3-5H2. The molecule has 2 heterocycles. The van der Waals surface area contributed by atoms with Crippen LogP contribution in [0.5, 0.6) is 0 Å². The highest BCUT2D eigenvalue weighted by Crippen LogP contribution is 2.03. The molecule has 0 bridgehead atoms. The lowest BCUT2D eigenvalue weighted by atomic mass is 10.4. The zero-order valence-electron chi connectivity index (χ0n) is 5.99. The van der Waals surface area contributed by atoms with E-state index in [1.165, 1.54) is 6.20 Å². The summed E-state index contributed by atoms with van der Waals surface area (Å²) < 4.78 is 6.81. The van der Waals surface area contributed by atoms with Crippen LogP contribution in [0.4, 0.5) is 0 Å². The van der Waals surface area contributed by atoms with Gasteiger partial charge in [-0.15, -0.1) is 0 Å². The Kier molecular flexibility index (Phi) is 1.47. The minimum absolute atomic E-state index is 0.175. The summed E-state index contributed by atoms with van der Waals surface area (Å²) in [6.45, 7) is 1.76. The van der Waals surface area contributed by atoms with Crippen molar-refractivity contribution in [2.75, 3.05) is 6.61 Å². The van der Waals surface area contributed by atoms with E-state index in [0.717, 1.165) is 5.69 Å². The molecule has 1 aromatic heterocycles. The van der Waals surface area contributed by atoms with Crippen LogP contribution in [0.25, 0.3) is 0 Å². The SMILES string of the molecule is O=c1nccc2n1CCOC2. The fourth-order valence-electron chi connectivity index (χ4n) is 1.17. The predicted molar refractivity (Wildman–Crippen MR) is 38.2 cm³/mol. The Labute approximate surface area is 63.4 Å². The van der Waals surface area contributed by atoms with Crippen LogP contribution < -0.4 is 5.69 Å². The van der Waals surface area contributed by atoms with Crippen molar-refractivity contribution in [3.63, 3.8) is 0 Å². The summed E-state index contributed by atoms with van der Waals surface area (Å²) >= 11 is 0. The smallest absolute Gasteiger partial charge is 0.347 e. The van der Waals surface area contributed by atoms with E-state index in [1.807, 2.05) is 0 Å². The average molecular weight is 152 g/mol. The van der Waals surface area contributed by atoms with Crippen molar-refractivity contribution in [3.8, 4) is 0 Å². The molecule has 4 nitrogen and oxygen atoms in total. The molecule has 0 radical (unpaired) electrons. The van der Waals surface area contributed by atoms with E-state index < -0.39 is 0 Å². The van der Waals surface area contributed by atoms with E-state index in [4.69, 9.17) is 4.74 Å². The topological polar surface area (TPSA) is 44.1 Å². The van der Waals surface area contributed by atoms with E-state index in [-0.39, 0.29) is 5.69 Å². The van der Waals surface area contributed by atoms with Gasteiger partial charge in [-0.25, -0.2) is 9.78 Å². The third-order valence-electron chi connectivity index (χ3n) is 1.74. The van der Waals surface area contributed by atoms with Gasteiger partial charge in [0, 0.05) is 11.9 Å². The molecule has 1 aliphatic heterocycles. The number of hydrogen-bond donors (Lipinski definition) is 0. The normalized spacial score (nSPS) is 16.0. The fourth-order valence-corrected chi connectivity index (χ4v) is 1.17. The van der Waals surface area contributed by atoms with E-state index in [2.05, 4.69) is 4.98 Å². The van der Waals surface area contributed by atoms with E-state index in [0.29, 0.717) is 19.8 Å². The van der Waals surface area contributed by atoms with Crippen LogP contribution in [0.2, 0.25) is 0 Å². The van der Waals surface area contributed by atoms with Gasteiger partial charge < -0.3 is 4.74 Å². The van der Waals surface area contributed by atoms with Crippen LogP contribution in [0.1, 0.15) is 5.69 Å². The minimum atomic E-state index is -0.175. The lowest BCUT2D eigenvalue weighted by molar-refractivity contribution is 0.0817. The van der Waals surface area contributed by atoms with Crippen LogP contribution in [0, 0.1) is 0 Å². The highest BCUT2D eigenvalue weighted by Gasteiger charge is 2.08. The Morgan fingerprint density at radius 2 is 2.55 bits per heavy atom. The van der Waals surface area contributed by atoms with Crippen molar-refractivity contribution in [3.05, 3.63) is 28.4 Å². The quantitative estimate of drug-likeness (QED) is 0.516. The van der Waals surface area contributed by atoms with Crippen molar-refractivity contribution in [1.82, 2.24) is 9.55 Å². The van der Waals surface area contributed by atoms with E-state index in [9.17, 15) is 4.79 Å². The van der Waals surface area contributed by atoms with Crippen LogP contribution >= 0.6 is 0 Å². The highest BCUT2D eigenvalue weighted by atomic mass is 16.5. The molecule has 0 aliphatic carbocycles. The molecule has 0 aromatic carbocycles. The molecule has 0 saturated carbocycles. The Hall–Kier alpha value is -1.16. The lowest BCUT2D eigenvalue weighted by Crippen LogP contribution is -2.30. The molecule has 0 N–H and O–H groups in total. The third kappa shape index (κ3) is 1.05. The maximum Gasteiger partial charge on any atom is 0.347 e. The van der Waals surface area contributed by atoms with Crippen LogP contribution in [-0.4, -0.2) is 16.2 Å². The number of rotatable bonds is 0. The van der Waals surface area contributed by atoms with Gasteiger partial charge in [0.05, 0.1) is 19.8 Å². The average Bonchev–Trinajstić information content (AvgIpc) is 2.06. The van der Waals surface area contributed by atoms with Gasteiger partial charge in [0.2, 0.25) is 0 Å². The molecule has 0 fully saturated rings. The summed E-state index contributed by atoms with van der Waals surface area (Å²) in [4.78, 5) is 14.7. The van der Waals surface area contributed by atoms with Crippen molar-refractivity contribution in [2.45, 2.75) is 13.2 Å². The van der Waals surface area contributed by atoms with Crippen LogP contribution in [0.15, 0.2) is 17.1 Å². The monoisotopic (exact) mass is 152 g/mol. The van der Waals surface area contributed by atoms with E-state index >= 15 is 0 Å². The van der Waals surface area contributed by atoms with Crippen LogP contribution in [-0.2, 0) is 17.9 Å². The zero-order chi connectivity index (χ0) is 7.68. The maximum absolute atomic E-state index is 11.1. The number of aromatic nitrogens is 2. The number of fused-ring (bicyclic) bond motifs is 1. The Morgan fingerprint density at radius 1 is 1.64 bits per heavy atom. The van der Waals surface area contributed by atoms with Gasteiger partial charge in [0.1, 0.15) is 0 Å². The summed E-state index contributed by atoms with van der Waals surface area (Å²) in [6, 6.07) is 1.81. The molecular formula is C7H8N2O2. The summed E-state index contributed by atoms with van der Waals surface area (Å²) in [5, 5.41) is 0. The Morgan fingerprint density at radius 3 is 3.36 bits per heavy atom. The molecule has 0 amide bonds. The summed E-state index contributed by atoms with van der Waals surface area (Å²) in [6.07, 6.45) is 1.52. The molecule has 2 rings (SSSR count). The van der Waals surface area contributed by atoms with Crippen molar-refractivity contribution in [2.24, 2.45) is 0 Å². The molecule has 0 saturated heterocycles. The first-order valence-electron chi connectivity index (χ1n) is 3.50. The largest absolute Gasteiger partial charge is 0.373 e. The van der Waals surface area contributed by atoms with Crippen molar-refractivity contribution < 1.29 is 4.74 Å². The minimum Gasteiger partial charge on any atom is -0.373 e. The maximum atomic E-state index is 11.1. The summed E-state index contributed by atoms with van der Waals surface area (Å²) in [5.41, 5.74) is 0.738. The van der Waals surface area contributed by atoms with Crippen molar-refractivity contribution >= 4 is 0 Å². The molecule has 11 heavy (non-hydrogen) atoms. The molecular weight excluding hydrogens is 144 g/mol. The highest BCUT2D eigenvalue weighted by molar-refractivity contribution is 5.00. The number of nitrogens with zero attached hydrogens (tertiary/aromatic N) is 2. The Bertz CT molecular complexity index is 318. The summed E-state index contributed by atoms with van der Waals surface area (Å²) in [7, 11) is 0. The zero-order valence-corrected chi connectivity index (χ0v) is 5.99. The molecule has 0 spiro atoms. The molecule has 4 heteroatoms. The summed E-state index contributed by atoms with van der Waals surface area (Å²) in [5.74, 6) is 0. The van der Waals surface area contributed by atoms with Gasteiger partial charge in [-0.3, -0.25) is 4.57 Å². The van der Waals surface area contributed by atoms with Gasteiger partial charge in [0.25, 0.3) is 0 Å². The molecule has 0 unspecified atom stereocenters. The predicted octanol–water partition coefficient (Wildman–Crippen LogP) is -0.226. The first kappa shape index (κ1) is 6.54. The number of hydrogen-bond acceptors (Lipinski definition) is 3. The van der Waals surface area contributed by atoms with Gasteiger partial charge in [-0.1, -0.05) is 0 Å². The second kappa shape index (κ2) is 2.47. The first-order chi connectivity index (χ1) is 5.38. The molecule has 1 aromatic rings. The van der Waals surface area contributed by atoms with Gasteiger partial charge >= 0.3 is 5.69 Å². The molecule has 0 atom stereocenters. The lowest BCUT2D eigenvalue weighted by Gasteiger charge is -2.16. The van der Waals surface area contributed by atoms with Crippen molar-refractivity contribution in [1.29, 1.82) is 0 Å². The second-order valence-corrected chi connectivity index (χ2v) is 2.42. The fraction of sp³-hybridized carbons (Fsp3) is 0.429. The van der Waals surface area contributed by atoms with Crippen LogP contribution in [0.3, 0.4) is 0 Å². The number of ether oxygens (including phenoxy) is 1.